The normalized spacial score (nSPS) is 11.0. The quantitative estimate of drug-likeness (QED) is 0.454. The maximum Gasteiger partial charge on any atom is 0.387 e. The van der Waals surface area contributed by atoms with Gasteiger partial charge in [-0.25, -0.2) is 9.67 Å². The van der Waals surface area contributed by atoms with Crippen LogP contribution < -0.4 is 14.8 Å². The van der Waals surface area contributed by atoms with E-state index < -0.39 is 12.5 Å². The molecular formula is C23H20F2N4O3. The van der Waals surface area contributed by atoms with Crippen molar-refractivity contribution in [1.82, 2.24) is 14.8 Å². The zero-order valence-corrected chi connectivity index (χ0v) is 17.4. The largest absolute Gasteiger partial charge is 0.497 e. The Morgan fingerprint density at radius 2 is 1.88 bits per heavy atom. The van der Waals surface area contributed by atoms with Gasteiger partial charge in [0.05, 0.1) is 18.5 Å². The number of aromatic nitrogens is 3. The van der Waals surface area contributed by atoms with Crippen LogP contribution in [0.1, 0.15) is 5.69 Å². The Kier molecular flexibility index (Phi) is 5.98. The van der Waals surface area contributed by atoms with E-state index in [0.717, 1.165) is 22.3 Å². The van der Waals surface area contributed by atoms with Crippen LogP contribution in [0.3, 0.4) is 0 Å². The molecule has 0 aliphatic heterocycles. The molecule has 2 heterocycles. The number of aryl methyl sites for hydroxylation is 1. The summed E-state index contributed by atoms with van der Waals surface area (Å²) < 4.78 is 36.4. The van der Waals surface area contributed by atoms with E-state index in [-0.39, 0.29) is 18.0 Å². The predicted molar refractivity (Wildman–Crippen MR) is 116 cm³/mol. The molecule has 4 rings (SSSR count). The van der Waals surface area contributed by atoms with Crippen LogP contribution in [-0.2, 0) is 11.3 Å². The van der Waals surface area contributed by atoms with Gasteiger partial charge in [0.25, 0.3) is 0 Å². The lowest BCUT2D eigenvalue weighted by Crippen LogP contribution is -2.20. The summed E-state index contributed by atoms with van der Waals surface area (Å²) in [4.78, 5) is 17.1. The number of rotatable bonds is 7. The number of methoxy groups -OCH3 is 1. The molecule has 9 heteroatoms. The van der Waals surface area contributed by atoms with Crippen molar-refractivity contribution in [2.45, 2.75) is 20.1 Å². The zero-order valence-electron chi connectivity index (χ0n) is 17.4. The molecule has 0 bridgehead atoms. The molecule has 0 saturated heterocycles. The van der Waals surface area contributed by atoms with Crippen LogP contribution >= 0.6 is 0 Å². The number of amides is 1. The average molecular weight is 438 g/mol. The predicted octanol–water partition coefficient (Wildman–Crippen LogP) is 4.66. The molecule has 2 aromatic carbocycles. The number of anilines is 1. The van der Waals surface area contributed by atoms with E-state index in [1.807, 2.05) is 37.3 Å². The number of fused-ring (bicyclic) bond motifs is 1. The molecular weight excluding hydrogens is 418 g/mol. The number of para-hydroxylation sites is 2. The first-order valence-electron chi connectivity index (χ1n) is 9.76. The summed E-state index contributed by atoms with van der Waals surface area (Å²) in [5, 5.41) is 7.90. The summed E-state index contributed by atoms with van der Waals surface area (Å²) in [6.07, 6.45) is 1.66. The summed E-state index contributed by atoms with van der Waals surface area (Å²) in [7, 11) is 1.61. The first-order chi connectivity index (χ1) is 15.5. The van der Waals surface area contributed by atoms with E-state index in [1.54, 1.807) is 25.4 Å². The van der Waals surface area contributed by atoms with Crippen LogP contribution in [0.25, 0.3) is 22.2 Å². The highest BCUT2D eigenvalue weighted by molar-refractivity contribution is 5.96. The second-order valence-electron chi connectivity index (χ2n) is 6.95. The molecule has 0 radical (unpaired) electrons. The lowest BCUT2D eigenvalue weighted by atomic mass is 10.0. The van der Waals surface area contributed by atoms with Crippen molar-refractivity contribution in [2.24, 2.45) is 0 Å². The fraction of sp³-hybridized carbons (Fsp3) is 0.174. The molecule has 1 N–H and O–H groups in total. The molecule has 1 amide bonds. The van der Waals surface area contributed by atoms with Gasteiger partial charge >= 0.3 is 6.61 Å². The van der Waals surface area contributed by atoms with E-state index in [1.165, 1.54) is 16.8 Å². The van der Waals surface area contributed by atoms with E-state index in [4.69, 9.17) is 4.74 Å². The molecule has 0 aliphatic carbocycles. The van der Waals surface area contributed by atoms with Gasteiger partial charge < -0.3 is 14.8 Å². The lowest BCUT2D eigenvalue weighted by Gasteiger charge is -2.12. The highest BCUT2D eigenvalue weighted by Crippen LogP contribution is 2.31. The van der Waals surface area contributed by atoms with Gasteiger partial charge in [-0.3, -0.25) is 4.79 Å². The van der Waals surface area contributed by atoms with Crippen LogP contribution in [0, 0.1) is 6.92 Å². The molecule has 0 unspecified atom stereocenters. The SMILES string of the molecule is COc1ccc(-c2ccnc3c2c(C)nn3CC(=O)Nc2ccccc2OC(F)F)cc1. The van der Waals surface area contributed by atoms with Crippen molar-refractivity contribution >= 4 is 22.6 Å². The third kappa shape index (κ3) is 4.36. The Bertz CT molecular complexity index is 1260. The number of nitrogens with one attached hydrogen (secondary N) is 1. The fourth-order valence-corrected chi connectivity index (χ4v) is 3.50. The van der Waals surface area contributed by atoms with Crippen molar-refractivity contribution in [1.29, 1.82) is 0 Å². The van der Waals surface area contributed by atoms with Gasteiger partial charge in [0.1, 0.15) is 18.0 Å². The monoisotopic (exact) mass is 438 g/mol. The van der Waals surface area contributed by atoms with Crippen LogP contribution in [0.4, 0.5) is 14.5 Å². The molecule has 32 heavy (non-hydrogen) atoms. The van der Waals surface area contributed by atoms with Crippen molar-refractivity contribution in [3.63, 3.8) is 0 Å². The standard InChI is InChI=1S/C23H20F2N4O3/c1-14-21-17(15-7-9-16(31-2)10-8-15)11-12-26-22(21)29(28-14)13-20(30)27-18-5-3-4-6-19(18)32-23(24)25/h3-12,23H,13H2,1-2H3,(H,27,30). The van der Waals surface area contributed by atoms with Crippen molar-refractivity contribution in [3.05, 3.63) is 66.5 Å². The van der Waals surface area contributed by atoms with E-state index in [2.05, 4.69) is 20.1 Å². The number of hydrogen-bond donors (Lipinski definition) is 1. The van der Waals surface area contributed by atoms with Crippen LogP contribution in [-0.4, -0.2) is 34.4 Å². The third-order valence-electron chi connectivity index (χ3n) is 4.88. The minimum atomic E-state index is -2.99. The zero-order chi connectivity index (χ0) is 22.7. The number of nitrogens with zero attached hydrogens (tertiary/aromatic N) is 3. The van der Waals surface area contributed by atoms with Gasteiger partial charge in [-0.2, -0.15) is 13.9 Å². The number of pyridine rings is 1. The molecule has 0 spiro atoms. The Morgan fingerprint density at radius 1 is 1.12 bits per heavy atom. The molecule has 164 valence electrons. The summed E-state index contributed by atoms with van der Waals surface area (Å²) in [6.45, 7) is -1.30. The Labute approximate surface area is 182 Å². The average Bonchev–Trinajstić information content (AvgIpc) is 3.10. The number of alkyl halides is 2. The van der Waals surface area contributed by atoms with Gasteiger partial charge in [-0.05, 0) is 48.4 Å². The summed E-state index contributed by atoms with van der Waals surface area (Å²) in [6, 6.07) is 15.5. The Balaban J connectivity index is 1.61. The molecule has 4 aromatic rings. The number of benzene rings is 2. The van der Waals surface area contributed by atoms with Gasteiger partial charge in [-0.15, -0.1) is 0 Å². The van der Waals surface area contributed by atoms with Gasteiger partial charge in [-0.1, -0.05) is 24.3 Å². The van der Waals surface area contributed by atoms with Crippen LogP contribution in [0.5, 0.6) is 11.5 Å². The third-order valence-corrected chi connectivity index (χ3v) is 4.88. The van der Waals surface area contributed by atoms with Crippen molar-refractivity contribution in [2.75, 3.05) is 12.4 Å². The minimum Gasteiger partial charge on any atom is -0.497 e. The van der Waals surface area contributed by atoms with E-state index in [9.17, 15) is 13.6 Å². The van der Waals surface area contributed by atoms with Gasteiger partial charge in [0.15, 0.2) is 5.65 Å². The van der Waals surface area contributed by atoms with Gasteiger partial charge in [0, 0.05) is 11.6 Å². The molecule has 7 nitrogen and oxygen atoms in total. The summed E-state index contributed by atoms with van der Waals surface area (Å²) in [5.41, 5.74) is 3.30. The van der Waals surface area contributed by atoms with E-state index in [0.29, 0.717) is 11.3 Å². The minimum absolute atomic E-state index is 0.114. The van der Waals surface area contributed by atoms with E-state index >= 15 is 0 Å². The first-order valence-corrected chi connectivity index (χ1v) is 9.76. The second kappa shape index (κ2) is 9.01. The number of carbonyl (C=O) groups excluding carboxylic acids is 1. The maximum atomic E-state index is 12.6. The van der Waals surface area contributed by atoms with Crippen molar-refractivity contribution < 1.29 is 23.0 Å². The first kappa shape index (κ1) is 21.2. The summed E-state index contributed by atoms with van der Waals surface area (Å²) >= 11 is 0. The highest BCUT2D eigenvalue weighted by Gasteiger charge is 2.17. The topological polar surface area (TPSA) is 78.3 Å². The van der Waals surface area contributed by atoms with Crippen LogP contribution in [0.2, 0.25) is 0 Å². The number of hydrogen-bond acceptors (Lipinski definition) is 5. The van der Waals surface area contributed by atoms with Crippen molar-refractivity contribution in [3.8, 4) is 22.6 Å². The highest BCUT2D eigenvalue weighted by atomic mass is 19.3. The molecule has 0 fully saturated rings. The fourth-order valence-electron chi connectivity index (χ4n) is 3.50. The second-order valence-corrected chi connectivity index (χ2v) is 6.95. The molecule has 0 atom stereocenters. The summed E-state index contributed by atoms with van der Waals surface area (Å²) in [5.74, 6) is 0.188. The smallest absolute Gasteiger partial charge is 0.387 e. The number of halogens is 2. The molecule has 2 aromatic heterocycles. The number of carbonyl (C=O) groups is 1. The maximum absolute atomic E-state index is 12.6. The van der Waals surface area contributed by atoms with Crippen LogP contribution in [0.15, 0.2) is 60.8 Å². The van der Waals surface area contributed by atoms with Gasteiger partial charge in [0.2, 0.25) is 5.91 Å². The lowest BCUT2D eigenvalue weighted by molar-refractivity contribution is -0.116. The molecule has 0 aliphatic rings. The Hall–Kier alpha value is -4.01. The number of ether oxygens (including phenoxy) is 2. The Morgan fingerprint density at radius 3 is 2.59 bits per heavy atom. The molecule has 0 saturated carbocycles.